The van der Waals surface area contributed by atoms with Crippen LogP contribution in [0.1, 0.15) is 26.3 Å². The zero-order valence-corrected chi connectivity index (χ0v) is 15.1. The number of hydrogen-bond donors (Lipinski definition) is 0. The van der Waals surface area contributed by atoms with Gasteiger partial charge < -0.3 is 14.5 Å². The van der Waals surface area contributed by atoms with E-state index in [1.54, 1.807) is 7.05 Å². The molecule has 0 radical (unpaired) electrons. The summed E-state index contributed by atoms with van der Waals surface area (Å²) in [6.45, 7) is 0.0959. The Balaban J connectivity index is 1.85. The van der Waals surface area contributed by atoms with Gasteiger partial charge in [-0.15, -0.1) is 0 Å². The van der Waals surface area contributed by atoms with Crippen LogP contribution in [-0.4, -0.2) is 50.8 Å². The molecule has 0 saturated heterocycles. The molecule has 0 N–H and O–H groups in total. The number of ether oxygens (including phenoxy) is 1. The second kappa shape index (κ2) is 8.80. The molecule has 0 atom stereocenters. The molecule has 0 aliphatic rings. The molecular weight excluding hydrogens is 332 g/mol. The number of nitrogens with zero attached hydrogens (tertiary/aromatic N) is 2. The van der Waals surface area contributed by atoms with Crippen LogP contribution in [0.25, 0.3) is 0 Å². The highest BCUT2D eigenvalue weighted by molar-refractivity contribution is 5.92. The van der Waals surface area contributed by atoms with Gasteiger partial charge in [-0.05, 0) is 29.8 Å². The van der Waals surface area contributed by atoms with E-state index >= 15 is 0 Å². The Labute approximate surface area is 153 Å². The molecule has 26 heavy (non-hydrogen) atoms. The molecule has 0 unspecified atom stereocenters. The summed E-state index contributed by atoms with van der Waals surface area (Å²) in [5.41, 5.74) is 2.84. The summed E-state index contributed by atoms with van der Waals surface area (Å²) in [5, 5.41) is 0. The number of carbonyl (C=O) groups excluding carboxylic acids is 3. The van der Waals surface area contributed by atoms with Gasteiger partial charge in [-0.2, -0.15) is 0 Å². The minimum atomic E-state index is -0.598. The molecule has 0 aliphatic heterocycles. The molecule has 0 spiro atoms. The maximum atomic E-state index is 12.2. The molecule has 2 aromatic carbocycles. The first kappa shape index (κ1) is 19.2. The molecule has 0 heterocycles. The van der Waals surface area contributed by atoms with Gasteiger partial charge in [0.15, 0.2) is 6.61 Å². The highest BCUT2D eigenvalue weighted by Gasteiger charge is 2.14. The Hall–Kier alpha value is -3.15. The van der Waals surface area contributed by atoms with Crippen molar-refractivity contribution in [2.75, 3.05) is 32.6 Å². The average molecular weight is 354 g/mol. The smallest absolute Gasteiger partial charge is 0.338 e. The van der Waals surface area contributed by atoms with E-state index in [4.69, 9.17) is 4.74 Å². The van der Waals surface area contributed by atoms with E-state index in [0.717, 1.165) is 11.3 Å². The van der Waals surface area contributed by atoms with Gasteiger partial charge in [-0.1, -0.05) is 24.3 Å². The maximum absolute atomic E-state index is 12.2. The standard InChI is InChI=1S/C20H22N2O4/c1-21(2)18-10-6-15(7-11-18)12-22(3)19(24)14-26-20(25)17-8-4-16(13-23)5-9-17/h4-11,13H,12,14H2,1-3H3. The second-order valence-corrected chi connectivity index (χ2v) is 6.13. The fraction of sp³-hybridized carbons (Fsp3) is 0.250. The van der Waals surface area contributed by atoms with E-state index in [9.17, 15) is 14.4 Å². The van der Waals surface area contributed by atoms with Crippen molar-refractivity contribution in [1.82, 2.24) is 4.90 Å². The molecule has 0 aliphatic carbocycles. The van der Waals surface area contributed by atoms with Crippen LogP contribution in [0, 0.1) is 0 Å². The molecule has 1 amide bonds. The lowest BCUT2D eigenvalue weighted by Gasteiger charge is -2.18. The lowest BCUT2D eigenvalue weighted by Crippen LogP contribution is -2.30. The fourth-order valence-corrected chi connectivity index (χ4v) is 2.28. The average Bonchev–Trinajstić information content (AvgIpc) is 2.66. The number of anilines is 1. The summed E-state index contributed by atoms with van der Waals surface area (Å²) in [6, 6.07) is 13.9. The van der Waals surface area contributed by atoms with Gasteiger partial charge in [0.2, 0.25) is 0 Å². The minimum absolute atomic E-state index is 0.292. The van der Waals surface area contributed by atoms with Crippen molar-refractivity contribution in [2.24, 2.45) is 0 Å². The highest BCUT2D eigenvalue weighted by atomic mass is 16.5. The molecule has 6 nitrogen and oxygen atoms in total. The number of hydrogen-bond acceptors (Lipinski definition) is 5. The first-order chi connectivity index (χ1) is 12.4. The van der Waals surface area contributed by atoms with Gasteiger partial charge in [0.25, 0.3) is 5.91 Å². The molecule has 0 fully saturated rings. The van der Waals surface area contributed by atoms with E-state index in [2.05, 4.69) is 0 Å². The lowest BCUT2D eigenvalue weighted by molar-refractivity contribution is -0.133. The number of amides is 1. The Morgan fingerprint density at radius 1 is 0.962 bits per heavy atom. The van der Waals surface area contributed by atoms with Crippen LogP contribution in [0.3, 0.4) is 0 Å². The second-order valence-electron chi connectivity index (χ2n) is 6.13. The Morgan fingerprint density at radius 2 is 1.58 bits per heavy atom. The van der Waals surface area contributed by atoms with Gasteiger partial charge in [0.05, 0.1) is 5.56 Å². The SMILES string of the molecule is CN(Cc1ccc(N(C)C)cc1)C(=O)COC(=O)c1ccc(C=O)cc1. The topological polar surface area (TPSA) is 66.9 Å². The van der Waals surface area contributed by atoms with E-state index in [0.29, 0.717) is 24.0 Å². The predicted octanol–water partition coefficient (Wildman–Crippen LogP) is 2.38. The number of carbonyl (C=O) groups is 3. The highest BCUT2D eigenvalue weighted by Crippen LogP contribution is 2.13. The Bertz CT molecular complexity index is 767. The van der Waals surface area contributed by atoms with Gasteiger partial charge >= 0.3 is 5.97 Å². The quantitative estimate of drug-likeness (QED) is 0.564. The van der Waals surface area contributed by atoms with Crippen LogP contribution in [0.15, 0.2) is 48.5 Å². The third-order valence-corrected chi connectivity index (χ3v) is 3.91. The summed E-state index contributed by atoms with van der Waals surface area (Å²) >= 11 is 0. The Morgan fingerprint density at radius 3 is 2.12 bits per heavy atom. The third-order valence-electron chi connectivity index (χ3n) is 3.91. The fourth-order valence-electron chi connectivity index (χ4n) is 2.28. The number of aldehydes is 1. The monoisotopic (exact) mass is 354 g/mol. The van der Waals surface area contributed by atoms with Crippen LogP contribution in [0.4, 0.5) is 5.69 Å². The molecule has 6 heteroatoms. The predicted molar refractivity (Wildman–Crippen MR) is 99.4 cm³/mol. The van der Waals surface area contributed by atoms with Crippen molar-refractivity contribution < 1.29 is 19.1 Å². The Kier molecular flexibility index (Phi) is 6.49. The number of rotatable bonds is 7. The van der Waals surface area contributed by atoms with Crippen molar-refractivity contribution >= 4 is 23.9 Å². The number of likely N-dealkylation sites (N-methyl/N-ethyl adjacent to an activating group) is 1. The first-order valence-corrected chi connectivity index (χ1v) is 8.13. The van der Waals surface area contributed by atoms with Gasteiger partial charge in [-0.3, -0.25) is 9.59 Å². The lowest BCUT2D eigenvalue weighted by atomic mass is 10.1. The van der Waals surface area contributed by atoms with Crippen LogP contribution in [-0.2, 0) is 16.1 Å². The number of benzene rings is 2. The van der Waals surface area contributed by atoms with E-state index in [-0.39, 0.29) is 12.5 Å². The molecule has 136 valence electrons. The van der Waals surface area contributed by atoms with Crippen LogP contribution in [0.5, 0.6) is 0 Å². The van der Waals surface area contributed by atoms with Crippen molar-refractivity contribution in [1.29, 1.82) is 0 Å². The van der Waals surface area contributed by atoms with Crippen molar-refractivity contribution in [3.05, 3.63) is 65.2 Å². The van der Waals surface area contributed by atoms with Crippen molar-refractivity contribution in [3.63, 3.8) is 0 Å². The van der Waals surface area contributed by atoms with Gasteiger partial charge in [0, 0.05) is 38.9 Å². The van der Waals surface area contributed by atoms with E-state index in [1.807, 2.05) is 43.3 Å². The molecule has 2 rings (SSSR count). The molecule has 0 bridgehead atoms. The van der Waals surface area contributed by atoms with Crippen LogP contribution < -0.4 is 4.90 Å². The largest absolute Gasteiger partial charge is 0.452 e. The minimum Gasteiger partial charge on any atom is -0.452 e. The summed E-state index contributed by atoms with van der Waals surface area (Å²) in [5.74, 6) is -0.890. The third kappa shape index (κ3) is 5.17. The zero-order chi connectivity index (χ0) is 19.1. The van der Waals surface area contributed by atoms with E-state index < -0.39 is 5.97 Å². The summed E-state index contributed by atoms with van der Waals surface area (Å²) < 4.78 is 5.05. The summed E-state index contributed by atoms with van der Waals surface area (Å²) in [7, 11) is 5.59. The maximum Gasteiger partial charge on any atom is 0.338 e. The van der Waals surface area contributed by atoms with E-state index in [1.165, 1.54) is 29.2 Å². The molecule has 0 saturated carbocycles. The first-order valence-electron chi connectivity index (χ1n) is 8.13. The molecule has 2 aromatic rings. The molecular formula is C20H22N2O4. The zero-order valence-electron chi connectivity index (χ0n) is 15.1. The summed E-state index contributed by atoms with van der Waals surface area (Å²) in [6.07, 6.45) is 0.693. The summed E-state index contributed by atoms with van der Waals surface area (Å²) in [4.78, 5) is 38.2. The van der Waals surface area contributed by atoms with Gasteiger partial charge in [0.1, 0.15) is 6.29 Å². The normalized spacial score (nSPS) is 10.1. The van der Waals surface area contributed by atoms with Crippen LogP contribution >= 0.6 is 0 Å². The molecule has 0 aromatic heterocycles. The van der Waals surface area contributed by atoms with Gasteiger partial charge in [-0.25, -0.2) is 4.79 Å². The van der Waals surface area contributed by atoms with Crippen molar-refractivity contribution in [2.45, 2.75) is 6.54 Å². The number of esters is 1. The van der Waals surface area contributed by atoms with Crippen molar-refractivity contribution in [3.8, 4) is 0 Å². The van der Waals surface area contributed by atoms with Crippen LogP contribution in [0.2, 0.25) is 0 Å².